The van der Waals surface area contributed by atoms with Gasteiger partial charge < -0.3 is 14.4 Å². The Labute approximate surface area is 202 Å². The van der Waals surface area contributed by atoms with Gasteiger partial charge in [-0.3, -0.25) is 18.8 Å². The Kier molecular flexibility index (Phi) is 7.31. The molecule has 1 aromatic carbocycles. The van der Waals surface area contributed by atoms with Crippen molar-refractivity contribution >= 4 is 28.2 Å². The molecule has 9 heteroatoms. The Balaban J connectivity index is 1.60. The highest BCUT2D eigenvalue weighted by Gasteiger charge is 2.42. The molecule has 3 aromatic rings. The van der Waals surface area contributed by atoms with E-state index in [1.807, 2.05) is 36.6 Å². The molecule has 1 fully saturated rings. The summed E-state index contributed by atoms with van der Waals surface area (Å²) in [5.41, 5.74) is 1.82. The van der Waals surface area contributed by atoms with E-state index in [1.165, 1.54) is 21.8 Å². The number of amides is 1. The van der Waals surface area contributed by atoms with E-state index in [1.54, 1.807) is 12.0 Å². The van der Waals surface area contributed by atoms with Crippen LogP contribution in [0.1, 0.15) is 55.6 Å². The summed E-state index contributed by atoms with van der Waals surface area (Å²) in [6, 6.07) is 8.41. The van der Waals surface area contributed by atoms with E-state index in [9.17, 15) is 14.4 Å². The third kappa shape index (κ3) is 4.70. The van der Waals surface area contributed by atoms with Gasteiger partial charge in [-0.1, -0.05) is 31.5 Å². The minimum absolute atomic E-state index is 0.0293. The summed E-state index contributed by atoms with van der Waals surface area (Å²) >= 11 is 1.37. The smallest absolute Gasteiger partial charge is 0.311 e. The molecule has 8 nitrogen and oxygen atoms in total. The number of rotatable bonds is 8. The second-order valence-electron chi connectivity index (χ2n) is 8.46. The first-order chi connectivity index (χ1) is 16.4. The second-order valence-corrected chi connectivity index (χ2v) is 9.30. The van der Waals surface area contributed by atoms with Gasteiger partial charge in [-0.05, 0) is 25.8 Å². The molecule has 180 valence electrons. The van der Waals surface area contributed by atoms with Crippen LogP contribution in [0, 0.1) is 12.8 Å². The van der Waals surface area contributed by atoms with E-state index in [-0.39, 0.29) is 24.5 Å². The van der Waals surface area contributed by atoms with Crippen molar-refractivity contribution in [2.24, 2.45) is 5.92 Å². The van der Waals surface area contributed by atoms with E-state index in [4.69, 9.17) is 9.47 Å². The maximum atomic E-state index is 13.3. The molecule has 2 unspecified atom stereocenters. The Morgan fingerprint density at radius 2 is 2.06 bits per heavy atom. The number of unbranched alkanes of at least 4 members (excludes halogenated alkanes) is 1. The minimum Gasteiger partial charge on any atom is -0.496 e. The van der Waals surface area contributed by atoms with Gasteiger partial charge in [0.15, 0.2) is 4.96 Å². The standard InChI is InChI=1S/C25H29N3O5S/c1-4-5-12-27-21(29)11-10-19(23(27)18-8-6-7-9-20(18)32-3)24(31)33-14-17-13-22(30)28-16(2)15-34-25(28)26-17/h6-9,13,15,19,23H,4-5,10-12,14H2,1-3H3. The zero-order valence-corrected chi connectivity index (χ0v) is 20.5. The van der Waals surface area contributed by atoms with Crippen molar-refractivity contribution in [3.8, 4) is 5.75 Å². The third-order valence-corrected chi connectivity index (χ3v) is 7.15. The van der Waals surface area contributed by atoms with Crippen LogP contribution in [0.25, 0.3) is 4.96 Å². The number of thiazole rings is 1. The number of carbonyl (C=O) groups is 2. The number of piperidine rings is 1. The zero-order chi connectivity index (χ0) is 24.2. The van der Waals surface area contributed by atoms with E-state index in [0.29, 0.717) is 29.4 Å². The third-order valence-electron chi connectivity index (χ3n) is 6.21. The summed E-state index contributed by atoms with van der Waals surface area (Å²) in [7, 11) is 1.58. The number of carbonyl (C=O) groups excluding carboxylic acids is 2. The number of benzene rings is 1. The van der Waals surface area contributed by atoms with Crippen molar-refractivity contribution < 1.29 is 19.1 Å². The first-order valence-electron chi connectivity index (χ1n) is 11.5. The highest BCUT2D eigenvalue weighted by molar-refractivity contribution is 7.15. The monoisotopic (exact) mass is 483 g/mol. The molecule has 3 heterocycles. The largest absolute Gasteiger partial charge is 0.496 e. The SMILES string of the molecule is CCCCN1C(=O)CCC(C(=O)OCc2cc(=O)n3c(C)csc3n2)C1c1ccccc1OC. The van der Waals surface area contributed by atoms with Crippen molar-refractivity contribution in [2.45, 2.75) is 52.2 Å². The second kappa shape index (κ2) is 10.4. The Bertz CT molecular complexity index is 1250. The molecule has 1 aliphatic heterocycles. The van der Waals surface area contributed by atoms with Gasteiger partial charge in [-0.15, -0.1) is 11.3 Å². The number of fused-ring (bicyclic) bond motifs is 1. The summed E-state index contributed by atoms with van der Waals surface area (Å²) in [6.45, 7) is 4.38. The van der Waals surface area contributed by atoms with E-state index in [2.05, 4.69) is 11.9 Å². The lowest BCUT2D eigenvalue weighted by Crippen LogP contribution is -2.46. The molecule has 1 amide bonds. The normalized spacial score (nSPS) is 18.3. The molecule has 0 N–H and O–H groups in total. The van der Waals surface area contributed by atoms with Crippen LogP contribution in [0.4, 0.5) is 0 Å². The van der Waals surface area contributed by atoms with Gasteiger partial charge in [0.05, 0.1) is 24.8 Å². The van der Waals surface area contributed by atoms with Gasteiger partial charge in [-0.2, -0.15) is 0 Å². The van der Waals surface area contributed by atoms with Gasteiger partial charge in [0.25, 0.3) is 5.56 Å². The Hall–Kier alpha value is -3.20. The van der Waals surface area contributed by atoms with Crippen LogP contribution in [-0.4, -0.2) is 39.8 Å². The molecule has 4 rings (SSSR count). The molecule has 0 bridgehead atoms. The van der Waals surface area contributed by atoms with E-state index in [0.717, 1.165) is 24.1 Å². The van der Waals surface area contributed by atoms with Gasteiger partial charge in [0.2, 0.25) is 5.91 Å². The lowest BCUT2D eigenvalue weighted by Gasteiger charge is -2.40. The Morgan fingerprint density at radius 1 is 1.26 bits per heavy atom. The number of esters is 1. The summed E-state index contributed by atoms with van der Waals surface area (Å²) in [5.74, 6) is -0.287. The van der Waals surface area contributed by atoms with Crippen LogP contribution in [0.15, 0.2) is 40.5 Å². The fourth-order valence-electron chi connectivity index (χ4n) is 4.51. The maximum absolute atomic E-state index is 13.3. The van der Waals surface area contributed by atoms with E-state index >= 15 is 0 Å². The van der Waals surface area contributed by atoms with Gasteiger partial charge >= 0.3 is 5.97 Å². The molecular weight excluding hydrogens is 454 g/mol. The fraction of sp³-hybridized carbons (Fsp3) is 0.440. The van der Waals surface area contributed by atoms with Crippen molar-refractivity contribution in [2.75, 3.05) is 13.7 Å². The predicted molar refractivity (Wildman–Crippen MR) is 129 cm³/mol. The Morgan fingerprint density at radius 3 is 2.82 bits per heavy atom. The van der Waals surface area contributed by atoms with Crippen LogP contribution in [0.5, 0.6) is 5.75 Å². The van der Waals surface area contributed by atoms with Crippen LogP contribution in [0.3, 0.4) is 0 Å². The lowest BCUT2D eigenvalue weighted by molar-refractivity contribution is -0.158. The number of methoxy groups -OCH3 is 1. The highest BCUT2D eigenvalue weighted by atomic mass is 32.1. The van der Waals surface area contributed by atoms with Gasteiger partial charge in [0, 0.05) is 35.7 Å². The van der Waals surface area contributed by atoms with Crippen molar-refractivity contribution in [3.63, 3.8) is 0 Å². The topological polar surface area (TPSA) is 90.2 Å². The molecular formula is C25H29N3O5S. The lowest BCUT2D eigenvalue weighted by atomic mass is 9.83. The van der Waals surface area contributed by atoms with Crippen molar-refractivity contribution in [1.82, 2.24) is 14.3 Å². The number of hydrogen-bond acceptors (Lipinski definition) is 7. The van der Waals surface area contributed by atoms with Crippen molar-refractivity contribution in [3.05, 3.63) is 63.0 Å². The predicted octanol–water partition coefficient (Wildman–Crippen LogP) is 3.90. The quantitative estimate of drug-likeness (QED) is 0.452. The van der Waals surface area contributed by atoms with Crippen LogP contribution in [-0.2, 0) is 20.9 Å². The molecule has 0 spiro atoms. The maximum Gasteiger partial charge on any atom is 0.311 e. The molecule has 2 atom stereocenters. The van der Waals surface area contributed by atoms with Crippen LogP contribution >= 0.6 is 11.3 Å². The van der Waals surface area contributed by atoms with Gasteiger partial charge in [0.1, 0.15) is 12.4 Å². The number of aryl methyl sites for hydroxylation is 1. The molecule has 0 aliphatic carbocycles. The molecule has 2 aromatic heterocycles. The highest BCUT2D eigenvalue weighted by Crippen LogP contribution is 2.41. The summed E-state index contributed by atoms with van der Waals surface area (Å²) in [5, 5.41) is 1.86. The van der Waals surface area contributed by atoms with Crippen molar-refractivity contribution in [1.29, 1.82) is 0 Å². The van der Waals surface area contributed by atoms with E-state index < -0.39 is 17.9 Å². The number of aromatic nitrogens is 2. The van der Waals surface area contributed by atoms with Crippen LogP contribution in [0.2, 0.25) is 0 Å². The molecule has 34 heavy (non-hydrogen) atoms. The average molecular weight is 484 g/mol. The van der Waals surface area contributed by atoms with Gasteiger partial charge in [-0.25, -0.2) is 4.98 Å². The average Bonchev–Trinajstić information content (AvgIpc) is 3.22. The number of likely N-dealkylation sites (tertiary alicyclic amines) is 1. The zero-order valence-electron chi connectivity index (χ0n) is 19.7. The minimum atomic E-state index is -0.542. The molecule has 0 radical (unpaired) electrons. The molecule has 1 aliphatic rings. The first kappa shape index (κ1) is 23.9. The fourth-order valence-corrected chi connectivity index (χ4v) is 5.40. The number of ether oxygens (including phenoxy) is 2. The first-order valence-corrected chi connectivity index (χ1v) is 12.4. The summed E-state index contributed by atoms with van der Waals surface area (Å²) in [6.07, 6.45) is 2.45. The molecule has 1 saturated heterocycles. The van der Waals surface area contributed by atoms with Crippen LogP contribution < -0.4 is 10.3 Å². The number of nitrogens with zero attached hydrogens (tertiary/aromatic N) is 3. The summed E-state index contributed by atoms with van der Waals surface area (Å²) in [4.78, 5) is 45.5. The molecule has 0 saturated carbocycles. The number of para-hydroxylation sites is 1. The number of hydrogen-bond donors (Lipinski definition) is 0. The summed E-state index contributed by atoms with van der Waals surface area (Å²) < 4.78 is 12.8.